The number of esters is 1. The van der Waals surface area contributed by atoms with Crippen LogP contribution in [0.5, 0.6) is 0 Å². The van der Waals surface area contributed by atoms with Crippen molar-refractivity contribution in [2.45, 2.75) is 52.2 Å². The fourth-order valence-corrected chi connectivity index (χ4v) is 3.40. The van der Waals surface area contributed by atoms with Gasteiger partial charge in [-0.3, -0.25) is 19.1 Å². The molecular formula is C21H26N4O4. The lowest BCUT2D eigenvalue weighted by atomic mass is 9.97. The van der Waals surface area contributed by atoms with Crippen LogP contribution < -0.4 is 11.2 Å². The molecule has 8 nitrogen and oxygen atoms in total. The van der Waals surface area contributed by atoms with Gasteiger partial charge in [-0.1, -0.05) is 50.6 Å². The van der Waals surface area contributed by atoms with Gasteiger partial charge in [0.15, 0.2) is 11.2 Å². The predicted molar refractivity (Wildman–Crippen MR) is 110 cm³/mol. The second-order valence-corrected chi connectivity index (χ2v) is 7.00. The molecule has 0 unspecified atom stereocenters. The molecule has 0 saturated carbocycles. The minimum Gasteiger partial charge on any atom is -0.457 e. The third-order valence-electron chi connectivity index (χ3n) is 5.08. The van der Waals surface area contributed by atoms with Gasteiger partial charge in [0.1, 0.15) is 12.4 Å². The molecular weight excluding hydrogens is 372 g/mol. The quantitative estimate of drug-likeness (QED) is 0.588. The van der Waals surface area contributed by atoms with Gasteiger partial charge in [0.25, 0.3) is 5.56 Å². The number of rotatable bonds is 8. The van der Waals surface area contributed by atoms with Crippen LogP contribution in [0.1, 0.15) is 50.4 Å². The van der Waals surface area contributed by atoms with E-state index < -0.39 is 11.2 Å². The Morgan fingerprint density at radius 2 is 1.93 bits per heavy atom. The lowest BCUT2D eigenvalue weighted by Gasteiger charge is -2.14. The molecule has 154 valence electrons. The Labute approximate surface area is 168 Å². The molecule has 0 aliphatic carbocycles. The molecule has 0 saturated heterocycles. The lowest BCUT2D eigenvalue weighted by molar-refractivity contribution is -0.147. The number of hydrogen-bond donors (Lipinski definition) is 1. The molecule has 0 aliphatic heterocycles. The molecule has 1 N–H and O–H groups in total. The first-order valence-corrected chi connectivity index (χ1v) is 9.87. The zero-order chi connectivity index (χ0) is 21.0. The maximum absolute atomic E-state index is 12.6. The van der Waals surface area contributed by atoms with Crippen molar-refractivity contribution in [3.8, 4) is 0 Å². The average molecular weight is 398 g/mol. The number of aromatic nitrogens is 4. The van der Waals surface area contributed by atoms with Gasteiger partial charge in [-0.25, -0.2) is 9.78 Å². The monoisotopic (exact) mass is 398 g/mol. The zero-order valence-corrected chi connectivity index (χ0v) is 17.0. The van der Waals surface area contributed by atoms with Crippen molar-refractivity contribution >= 4 is 17.1 Å². The molecule has 2 aromatic heterocycles. The van der Waals surface area contributed by atoms with Gasteiger partial charge in [0.05, 0.1) is 5.92 Å². The van der Waals surface area contributed by atoms with Crippen LogP contribution in [-0.2, 0) is 29.7 Å². The zero-order valence-electron chi connectivity index (χ0n) is 17.0. The molecule has 0 bridgehead atoms. The second-order valence-electron chi connectivity index (χ2n) is 7.00. The summed E-state index contributed by atoms with van der Waals surface area (Å²) in [6.45, 7) is 4.34. The van der Waals surface area contributed by atoms with E-state index in [1.807, 2.05) is 44.2 Å². The number of nitrogens with one attached hydrogen (secondary N) is 1. The summed E-state index contributed by atoms with van der Waals surface area (Å²) >= 11 is 0. The Hall–Kier alpha value is -3.16. The summed E-state index contributed by atoms with van der Waals surface area (Å²) in [4.78, 5) is 43.9. The molecule has 0 aliphatic rings. The smallest absolute Gasteiger partial charge is 0.330 e. The molecule has 29 heavy (non-hydrogen) atoms. The Bertz CT molecular complexity index is 1110. The van der Waals surface area contributed by atoms with E-state index in [9.17, 15) is 14.4 Å². The summed E-state index contributed by atoms with van der Waals surface area (Å²) in [5.74, 6) is -0.294. The molecule has 0 fully saturated rings. The molecule has 3 aromatic rings. The number of carbonyl (C=O) groups excluding carboxylic acids is 1. The van der Waals surface area contributed by atoms with Crippen LogP contribution in [-0.4, -0.2) is 25.1 Å². The average Bonchev–Trinajstić information content (AvgIpc) is 3.04. The molecule has 0 radical (unpaired) electrons. The van der Waals surface area contributed by atoms with Crippen LogP contribution in [0.25, 0.3) is 11.2 Å². The number of aromatic amines is 1. The van der Waals surface area contributed by atoms with Gasteiger partial charge in [-0.15, -0.1) is 0 Å². The maximum atomic E-state index is 12.6. The van der Waals surface area contributed by atoms with E-state index >= 15 is 0 Å². The molecule has 1 aromatic carbocycles. The van der Waals surface area contributed by atoms with Gasteiger partial charge in [-0.2, -0.15) is 0 Å². The Morgan fingerprint density at radius 1 is 1.21 bits per heavy atom. The fourth-order valence-electron chi connectivity index (χ4n) is 3.40. The summed E-state index contributed by atoms with van der Waals surface area (Å²) in [5.41, 5.74) is 0.529. The van der Waals surface area contributed by atoms with E-state index in [4.69, 9.17) is 4.74 Å². The van der Waals surface area contributed by atoms with Crippen molar-refractivity contribution in [1.29, 1.82) is 0 Å². The molecule has 0 amide bonds. The first kappa shape index (κ1) is 20.6. The summed E-state index contributed by atoms with van der Waals surface area (Å²) in [5, 5.41) is 0. The van der Waals surface area contributed by atoms with E-state index in [1.165, 1.54) is 4.57 Å². The molecule has 0 spiro atoms. The minimum absolute atomic E-state index is 0.0746. The number of imidazole rings is 1. The van der Waals surface area contributed by atoms with Gasteiger partial charge in [-0.05, 0) is 18.4 Å². The first-order chi connectivity index (χ1) is 14.0. The maximum Gasteiger partial charge on any atom is 0.330 e. The van der Waals surface area contributed by atoms with E-state index in [0.29, 0.717) is 30.0 Å². The first-order valence-electron chi connectivity index (χ1n) is 9.87. The Kier molecular flexibility index (Phi) is 6.31. The summed E-state index contributed by atoms with van der Waals surface area (Å²) in [7, 11) is 1.68. The normalized spacial score (nSPS) is 12.2. The fraction of sp³-hybridized carbons (Fsp3) is 0.429. The number of unbranched alkanes of at least 4 members (excludes halogenated alkanes) is 1. The highest BCUT2D eigenvalue weighted by Gasteiger charge is 2.22. The third-order valence-corrected chi connectivity index (χ3v) is 5.08. The van der Waals surface area contributed by atoms with Crippen LogP contribution in [0.3, 0.4) is 0 Å². The molecule has 1 atom stereocenters. The van der Waals surface area contributed by atoms with Crippen molar-refractivity contribution < 1.29 is 9.53 Å². The standard InChI is InChI=1S/C21H26N4O4/c1-4-6-12-25-18-17(19(26)23-21(25)28)24(3)16(22-18)13-29-20(27)15(5-2)14-10-8-7-9-11-14/h7-11,15H,4-6,12-13H2,1-3H3,(H,23,26,28)/t15-/m0/s1. The van der Waals surface area contributed by atoms with Gasteiger partial charge in [0.2, 0.25) is 0 Å². The van der Waals surface area contributed by atoms with Crippen molar-refractivity contribution in [3.05, 3.63) is 62.6 Å². The molecule has 8 heteroatoms. The van der Waals surface area contributed by atoms with E-state index in [0.717, 1.165) is 18.4 Å². The number of aryl methyl sites for hydroxylation is 2. The van der Waals surface area contributed by atoms with Crippen LogP contribution in [0, 0.1) is 0 Å². The summed E-state index contributed by atoms with van der Waals surface area (Å²) < 4.78 is 8.55. The van der Waals surface area contributed by atoms with E-state index in [-0.39, 0.29) is 18.5 Å². The largest absolute Gasteiger partial charge is 0.457 e. The van der Waals surface area contributed by atoms with Gasteiger partial charge >= 0.3 is 11.7 Å². The molecule has 2 heterocycles. The number of benzene rings is 1. The van der Waals surface area contributed by atoms with Crippen LogP contribution in [0.15, 0.2) is 39.9 Å². The molecule has 3 rings (SSSR count). The minimum atomic E-state index is -0.499. The number of hydrogen-bond acceptors (Lipinski definition) is 5. The van der Waals surface area contributed by atoms with Crippen molar-refractivity contribution in [2.24, 2.45) is 7.05 Å². The highest BCUT2D eigenvalue weighted by atomic mass is 16.5. The van der Waals surface area contributed by atoms with Crippen molar-refractivity contribution in [2.75, 3.05) is 0 Å². The van der Waals surface area contributed by atoms with E-state index in [2.05, 4.69) is 9.97 Å². The predicted octanol–water partition coefficient (Wildman–Crippen LogP) is 2.46. The number of carbonyl (C=O) groups is 1. The Morgan fingerprint density at radius 3 is 2.59 bits per heavy atom. The summed E-state index contributed by atoms with van der Waals surface area (Å²) in [6, 6.07) is 9.47. The lowest BCUT2D eigenvalue weighted by Crippen LogP contribution is -2.31. The van der Waals surface area contributed by atoms with Crippen LogP contribution in [0.2, 0.25) is 0 Å². The Balaban J connectivity index is 1.88. The third kappa shape index (κ3) is 4.16. The van der Waals surface area contributed by atoms with Crippen molar-refractivity contribution in [3.63, 3.8) is 0 Å². The highest BCUT2D eigenvalue weighted by molar-refractivity contribution is 5.78. The number of nitrogens with zero attached hydrogens (tertiary/aromatic N) is 3. The number of H-pyrrole nitrogens is 1. The van der Waals surface area contributed by atoms with Crippen LogP contribution >= 0.6 is 0 Å². The van der Waals surface area contributed by atoms with Gasteiger partial charge in [0, 0.05) is 13.6 Å². The highest BCUT2D eigenvalue weighted by Crippen LogP contribution is 2.21. The SMILES string of the molecule is CCCCn1c(=O)[nH]c(=O)c2c1nc(COC(=O)[C@@H](CC)c1ccccc1)n2C. The van der Waals surface area contributed by atoms with E-state index in [1.54, 1.807) is 11.6 Å². The number of ether oxygens (including phenoxy) is 1. The topological polar surface area (TPSA) is 99.0 Å². The second kappa shape index (κ2) is 8.89. The van der Waals surface area contributed by atoms with Crippen LogP contribution in [0.4, 0.5) is 0 Å². The van der Waals surface area contributed by atoms with Crippen molar-refractivity contribution in [1.82, 2.24) is 19.1 Å². The number of fused-ring (bicyclic) bond motifs is 1. The summed E-state index contributed by atoms with van der Waals surface area (Å²) in [6.07, 6.45) is 2.31. The van der Waals surface area contributed by atoms with Gasteiger partial charge < -0.3 is 9.30 Å².